The molecule has 9 nitrogen and oxygen atoms in total. The van der Waals surface area contributed by atoms with Crippen LogP contribution in [0.2, 0.25) is 0 Å². The standard InChI is InChI=1S/C24H29N7O2/c1-16(2)30-11-13-31(14-12-30)19-7-5-18(6-8-19)27-24-21(22(25)33)23(28-29-24)26-15-17-3-9-20(32)10-4-17/h3-10,15-16,32H,11-14H2,1-2H3,(H2,25,33)(H2,27,28,29). The molecule has 2 aromatic carbocycles. The van der Waals surface area contributed by atoms with Crippen LogP contribution in [0, 0.1) is 0 Å². The number of nitrogens with one attached hydrogen (secondary N) is 2. The topological polar surface area (TPSA) is 123 Å². The van der Waals surface area contributed by atoms with E-state index in [0.717, 1.165) is 37.4 Å². The molecule has 0 unspecified atom stereocenters. The Hall–Kier alpha value is -3.85. The predicted octanol–water partition coefficient (Wildman–Crippen LogP) is 3.24. The van der Waals surface area contributed by atoms with E-state index in [9.17, 15) is 9.90 Å². The summed E-state index contributed by atoms with van der Waals surface area (Å²) in [4.78, 5) is 21.2. The maximum absolute atomic E-state index is 12.1. The number of carbonyl (C=O) groups excluding carboxylic acids is 1. The van der Waals surface area contributed by atoms with Gasteiger partial charge in [-0.25, -0.2) is 4.99 Å². The van der Waals surface area contributed by atoms with Crippen LogP contribution in [0.4, 0.5) is 23.0 Å². The van der Waals surface area contributed by atoms with Crippen molar-refractivity contribution in [3.05, 3.63) is 59.7 Å². The van der Waals surface area contributed by atoms with Crippen molar-refractivity contribution in [2.45, 2.75) is 19.9 Å². The second kappa shape index (κ2) is 9.74. The Balaban J connectivity index is 1.45. The number of phenolic OH excluding ortho intramolecular Hbond substituents is 1. The van der Waals surface area contributed by atoms with E-state index < -0.39 is 5.91 Å². The molecule has 1 aliphatic heterocycles. The van der Waals surface area contributed by atoms with Crippen LogP contribution in [-0.2, 0) is 0 Å². The van der Waals surface area contributed by atoms with E-state index in [-0.39, 0.29) is 17.1 Å². The summed E-state index contributed by atoms with van der Waals surface area (Å²) in [5.41, 5.74) is 8.51. The number of aromatic hydroxyl groups is 1. The van der Waals surface area contributed by atoms with Crippen LogP contribution < -0.4 is 16.0 Å². The van der Waals surface area contributed by atoms with Crippen molar-refractivity contribution < 1.29 is 9.90 Å². The lowest BCUT2D eigenvalue weighted by molar-refractivity contribution is 0.100. The molecule has 3 aromatic rings. The summed E-state index contributed by atoms with van der Waals surface area (Å²) in [5, 5.41) is 19.5. The van der Waals surface area contributed by atoms with Gasteiger partial charge in [0.25, 0.3) is 5.91 Å². The maximum Gasteiger partial charge on any atom is 0.256 e. The zero-order valence-electron chi connectivity index (χ0n) is 18.8. The average Bonchev–Trinajstić information content (AvgIpc) is 3.22. The molecule has 1 aliphatic rings. The van der Waals surface area contributed by atoms with Crippen LogP contribution in [0.3, 0.4) is 0 Å². The molecule has 0 atom stereocenters. The Bertz CT molecular complexity index is 1110. The molecule has 0 aliphatic carbocycles. The molecular weight excluding hydrogens is 418 g/mol. The Kier molecular flexibility index (Phi) is 6.60. The highest BCUT2D eigenvalue weighted by atomic mass is 16.3. The molecule has 1 fully saturated rings. The van der Waals surface area contributed by atoms with Crippen molar-refractivity contribution in [2.24, 2.45) is 10.7 Å². The normalized spacial score (nSPS) is 14.8. The maximum atomic E-state index is 12.1. The first kappa shape index (κ1) is 22.3. The Labute approximate surface area is 192 Å². The van der Waals surface area contributed by atoms with Gasteiger partial charge in [0, 0.05) is 49.8 Å². The third kappa shape index (κ3) is 5.32. The highest BCUT2D eigenvalue weighted by molar-refractivity contribution is 6.03. The number of rotatable bonds is 7. The number of primary amides is 1. The number of phenols is 1. The van der Waals surface area contributed by atoms with Gasteiger partial charge in [-0.3, -0.25) is 14.8 Å². The van der Waals surface area contributed by atoms with Gasteiger partial charge in [0.05, 0.1) is 0 Å². The molecule has 1 aromatic heterocycles. The average molecular weight is 448 g/mol. The van der Waals surface area contributed by atoms with Gasteiger partial charge in [0.2, 0.25) is 0 Å². The largest absolute Gasteiger partial charge is 0.508 e. The van der Waals surface area contributed by atoms with Crippen LogP contribution in [0.1, 0.15) is 29.8 Å². The second-order valence-corrected chi connectivity index (χ2v) is 8.30. The number of H-pyrrole nitrogens is 1. The van der Waals surface area contributed by atoms with Gasteiger partial charge in [-0.05, 0) is 67.9 Å². The van der Waals surface area contributed by atoms with Crippen molar-refractivity contribution in [1.29, 1.82) is 0 Å². The molecule has 5 N–H and O–H groups in total. The summed E-state index contributed by atoms with van der Waals surface area (Å²) in [5.74, 6) is 0.111. The highest BCUT2D eigenvalue weighted by Gasteiger charge is 2.20. The fourth-order valence-electron chi connectivity index (χ4n) is 3.84. The van der Waals surface area contributed by atoms with E-state index in [2.05, 4.69) is 56.3 Å². The van der Waals surface area contributed by atoms with Gasteiger partial charge >= 0.3 is 0 Å². The van der Waals surface area contributed by atoms with E-state index in [1.807, 2.05) is 12.1 Å². The predicted molar refractivity (Wildman–Crippen MR) is 131 cm³/mol. The number of aromatic nitrogens is 2. The Morgan fingerprint density at radius 3 is 2.39 bits per heavy atom. The van der Waals surface area contributed by atoms with E-state index in [4.69, 9.17) is 5.73 Å². The van der Waals surface area contributed by atoms with Crippen LogP contribution >= 0.6 is 0 Å². The summed E-state index contributed by atoms with van der Waals surface area (Å²) in [6.45, 7) is 8.58. The lowest BCUT2D eigenvalue weighted by Crippen LogP contribution is -2.48. The van der Waals surface area contributed by atoms with Crippen LogP contribution in [0.5, 0.6) is 5.75 Å². The molecule has 9 heteroatoms. The molecule has 33 heavy (non-hydrogen) atoms. The number of piperazine rings is 1. The van der Waals surface area contributed by atoms with E-state index in [1.165, 1.54) is 5.69 Å². The van der Waals surface area contributed by atoms with Crippen molar-refractivity contribution >= 4 is 35.1 Å². The smallest absolute Gasteiger partial charge is 0.256 e. The Morgan fingerprint density at radius 2 is 1.79 bits per heavy atom. The minimum absolute atomic E-state index is 0.167. The number of hydrogen-bond donors (Lipinski definition) is 4. The number of hydrogen-bond acceptors (Lipinski definition) is 7. The molecule has 172 valence electrons. The molecule has 4 rings (SSSR count). The van der Waals surface area contributed by atoms with Crippen LogP contribution in [0.25, 0.3) is 0 Å². The summed E-state index contributed by atoms with van der Waals surface area (Å²) in [6.07, 6.45) is 1.56. The number of anilines is 3. The zero-order chi connectivity index (χ0) is 23.4. The number of nitrogens with zero attached hydrogens (tertiary/aromatic N) is 4. The van der Waals surface area contributed by atoms with Crippen molar-refractivity contribution in [2.75, 3.05) is 36.4 Å². The molecule has 1 amide bonds. The molecule has 0 saturated carbocycles. The monoisotopic (exact) mass is 447 g/mol. The van der Waals surface area contributed by atoms with Gasteiger partial charge < -0.3 is 21.1 Å². The first-order valence-corrected chi connectivity index (χ1v) is 11.0. The zero-order valence-corrected chi connectivity index (χ0v) is 18.8. The lowest BCUT2D eigenvalue weighted by atomic mass is 10.2. The number of aromatic amines is 1. The van der Waals surface area contributed by atoms with E-state index in [0.29, 0.717) is 11.9 Å². The van der Waals surface area contributed by atoms with Gasteiger partial charge in [0.15, 0.2) is 5.82 Å². The van der Waals surface area contributed by atoms with Gasteiger partial charge in [-0.15, -0.1) is 0 Å². The fraction of sp³-hybridized carbons (Fsp3) is 0.292. The number of carbonyl (C=O) groups is 1. The molecular formula is C24H29N7O2. The minimum atomic E-state index is -0.635. The lowest BCUT2D eigenvalue weighted by Gasteiger charge is -2.38. The quantitative estimate of drug-likeness (QED) is 0.413. The highest BCUT2D eigenvalue weighted by Crippen LogP contribution is 2.28. The van der Waals surface area contributed by atoms with E-state index in [1.54, 1.807) is 30.5 Å². The van der Waals surface area contributed by atoms with E-state index >= 15 is 0 Å². The number of aliphatic imine (C=N–C) groups is 1. The fourth-order valence-corrected chi connectivity index (χ4v) is 3.84. The summed E-state index contributed by atoms with van der Waals surface area (Å²) in [7, 11) is 0. The first-order chi connectivity index (χ1) is 15.9. The van der Waals surface area contributed by atoms with Crippen molar-refractivity contribution in [3.8, 4) is 5.75 Å². The van der Waals surface area contributed by atoms with Crippen LogP contribution in [-0.4, -0.2) is 64.5 Å². The third-order valence-electron chi connectivity index (χ3n) is 5.77. The number of nitrogens with two attached hydrogens (primary N) is 1. The van der Waals surface area contributed by atoms with Crippen molar-refractivity contribution in [3.63, 3.8) is 0 Å². The molecule has 0 radical (unpaired) electrons. The van der Waals surface area contributed by atoms with Gasteiger partial charge in [0.1, 0.15) is 17.1 Å². The van der Waals surface area contributed by atoms with Crippen molar-refractivity contribution in [1.82, 2.24) is 15.1 Å². The molecule has 0 bridgehead atoms. The summed E-state index contributed by atoms with van der Waals surface area (Å²) >= 11 is 0. The molecule has 1 saturated heterocycles. The summed E-state index contributed by atoms with van der Waals surface area (Å²) in [6, 6.07) is 15.2. The molecule has 2 heterocycles. The van der Waals surface area contributed by atoms with Gasteiger partial charge in [-0.2, -0.15) is 5.10 Å². The first-order valence-electron chi connectivity index (χ1n) is 11.0. The number of amides is 1. The minimum Gasteiger partial charge on any atom is -0.508 e. The van der Waals surface area contributed by atoms with Crippen LogP contribution in [0.15, 0.2) is 53.5 Å². The number of benzene rings is 2. The third-order valence-corrected chi connectivity index (χ3v) is 5.77. The molecule has 0 spiro atoms. The Morgan fingerprint density at radius 1 is 1.12 bits per heavy atom. The van der Waals surface area contributed by atoms with Gasteiger partial charge in [-0.1, -0.05) is 0 Å². The SMILES string of the molecule is CC(C)N1CCN(c2ccc(Nc3[nH]nc(N=Cc4ccc(O)cc4)c3C(N)=O)cc2)CC1. The summed E-state index contributed by atoms with van der Waals surface area (Å²) < 4.78 is 0. The second-order valence-electron chi connectivity index (χ2n) is 8.30.